The molecule has 10 heteroatoms. The second-order valence-electron chi connectivity index (χ2n) is 7.27. The molecule has 0 spiro atoms. The zero-order valence-electron chi connectivity index (χ0n) is 16.8. The van der Waals surface area contributed by atoms with Crippen molar-refractivity contribution in [3.63, 3.8) is 0 Å². The van der Waals surface area contributed by atoms with Crippen LogP contribution < -0.4 is 10.6 Å². The molecule has 30 heavy (non-hydrogen) atoms. The summed E-state index contributed by atoms with van der Waals surface area (Å²) in [4.78, 5) is 24.6. The van der Waals surface area contributed by atoms with E-state index >= 15 is 0 Å². The van der Waals surface area contributed by atoms with E-state index in [0.717, 1.165) is 25.7 Å². The zero-order chi connectivity index (χ0) is 21.6. The van der Waals surface area contributed by atoms with E-state index in [4.69, 9.17) is 4.74 Å². The van der Waals surface area contributed by atoms with E-state index in [1.165, 1.54) is 42.3 Å². The Bertz CT molecular complexity index is 979. The third kappa shape index (κ3) is 5.90. The summed E-state index contributed by atoms with van der Waals surface area (Å²) in [5.74, 6) is -0.623. The molecule has 162 valence electrons. The lowest BCUT2D eigenvalue weighted by Crippen LogP contribution is -2.35. The zero-order valence-corrected chi connectivity index (χ0v) is 17.7. The molecule has 0 bridgehead atoms. The van der Waals surface area contributed by atoms with Gasteiger partial charge < -0.3 is 15.4 Å². The predicted octanol–water partition coefficient (Wildman–Crippen LogP) is 1.61. The molecule has 1 aliphatic rings. The Balaban J connectivity index is 1.55. The SMILES string of the molecule is COCCS(=O)(=O)c1ccc(C(=O)Nc2cnn(CC(=O)NC3CCCC3)c2)cc1. The van der Waals surface area contributed by atoms with E-state index in [0.29, 0.717) is 11.3 Å². The highest BCUT2D eigenvalue weighted by Gasteiger charge is 2.18. The summed E-state index contributed by atoms with van der Waals surface area (Å²) in [6, 6.07) is 5.95. The monoisotopic (exact) mass is 434 g/mol. The number of benzene rings is 1. The second kappa shape index (κ2) is 9.86. The van der Waals surface area contributed by atoms with Crippen LogP contribution in [0.2, 0.25) is 0 Å². The average molecular weight is 435 g/mol. The molecule has 3 rings (SSSR count). The average Bonchev–Trinajstić information content (AvgIpc) is 3.38. The molecule has 0 atom stereocenters. The fourth-order valence-corrected chi connectivity index (χ4v) is 4.51. The van der Waals surface area contributed by atoms with Gasteiger partial charge in [0, 0.05) is 24.9 Å². The molecule has 1 aromatic heterocycles. The lowest BCUT2D eigenvalue weighted by atomic mass is 10.2. The predicted molar refractivity (Wildman–Crippen MR) is 111 cm³/mol. The summed E-state index contributed by atoms with van der Waals surface area (Å²) in [5, 5.41) is 9.79. The molecular weight excluding hydrogens is 408 g/mol. The normalized spacial score (nSPS) is 14.6. The number of hydrogen-bond acceptors (Lipinski definition) is 6. The van der Waals surface area contributed by atoms with E-state index in [-0.39, 0.29) is 35.7 Å². The van der Waals surface area contributed by atoms with Crippen LogP contribution in [0.4, 0.5) is 5.69 Å². The summed E-state index contributed by atoms with van der Waals surface area (Å²) in [7, 11) is -2.01. The van der Waals surface area contributed by atoms with Gasteiger partial charge in [-0.15, -0.1) is 0 Å². The van der Waals surface area contributed by atoms with E-state index in [2.05, 4.69) is 15.7 Å². The minimum Gasteiger partial charge on any atom is -0.384 e. The lowest BCUT2D eigenvalue weighted by Gasteiger charge is -2.11. The van der Waals surface area contributed by atoms with E-state index in [1.54, 1.807) is 6.20 Å². The maximum Gasteiger partial charge on any atom is 0.255 e. The van der Waals surface area contributed by atoms with Gasteiger partial charge in [0.15, 0.2) is 9.84 Å². The summed E-state index contributed by atoms with van der Waals surface area (Å²) in [5.41, 5.74) is 0.762. The summed E-state index contributed by atoms with van der Waals surface area (Å²) < 4.78 is 30.6. The molecule has 1 saturated carbocycles. The molecule has 0 unspecified atom stereocenters. The molecule has 1 aromatic carbocycles. The fourth-order valence-electron chi connectivity index (χ4n) is 3.33. The standard InChI is InChI=1S/C20H26N4O5S/c1-29-10-11-30(27,28)18-8-6-15(7-9-18)20(26)23-17-12-21-24(13-17)14-19(25)22-16-4-2-3-5-16/h6-9,12-13,16H,2-5,10-11,14H2,1H3,(H,22,25)(H,23,26). The van der Waals surface area contributed by atoms with Gasteiger partial charge in [0.1, 0.15) is 6.54 Å². The van der Waals surface area contributed by atoms with Gasteiger partial charge in [0.25, 0.3) is 5.91 Å². The number of rotatable bonds is 9. The first kappa shape index (κ1) is 22.0. The molecule has 2 N–H and O–H groups in total. The van der Waals surface area contributed by atoms with Gasteiger partial charge in [0.2, 0.25) is 5.91 Å². The van der Waals surface area contributed by atoms with E-state index in [1.807, 2.05) is 0 Å². The van der Waals surface area contributed by atoms with Crippen LogP contribution in [0.1, 0.15) is 36.0 Å². The number of nitrogens with one attached hydrogen (secondary N) is 2. The number of carbonyl (C=O) groups is 2. The van der Waals surface area contributed by atoms with Gasteiger partial charge >= 0.3 is 0 Å². The largest absolute Gasteiger partial charge is 0.384 e. The van der Waals surface area contributed by atoms with Crippen molar-refractivity contribution < 1.29 is 22.7 Å². The van der Waals surface area contributed by atoms with Crippen molar-refractivity contribution in [1.82, 2.24) is 15.1 Å². The first-order valence-corrected chi connectivity index (χ1v) is 11.5. The first-order chi connectivity index (χ1) is 14.4. The molecular formula is C20H26N4O5S. The number of anilines is 1. The minimum absolute atomic E-state index is 0.0837. The highest BCUT2D eigenvalue weighted by molar-refractivity contribution is 7.91. The Morgan fingerprint density at radius 3 is 2.57 bits per heavy atom. The Morgan fingerprint density at radius 2 is 1.90 bits per heavy atom. The third-order valence-corrected chi connectivity index (χ3v) is 6.64. The number of amides is 2. The van der Waals surface area contributed by atoms with Crippen molar-refractivity contribution in [2.75, 3.05) is 24.8 Å². The molecule has 0 aliphatic heterocycles. The lowest BCUT2D eigenvalue weighted by molar-refractivity contribution is -0.122. The Hall–Kier alpha value is -2.72. The summed E-state index contributed by atoms with van der Waals surface area (Å²) in [6.07, 6.45) is 7.35. The number of sulfone groups is 1. The molecule has 2 amide bonds. The maximum absolute atomic E-state index is 12.4. The van der Waals surface area contributed by atoms with E-state index in [9.17, 15) is 18.0 Å². The molecule has 0 radical (unpaired) electrons. The summed E-state index contributed by atoms with van der Waals surface area (Å²) in [6.45, 7) is 0.188. The van der Waals surface area contributed by atoms with Crippen LogP contribution in [0.25, 0.3) is 0 Å². The quantitative estimate of drug-likeness (QED) is 0.619. The van der Waals surface area contributed by atoms with Crippen molar-refractivity contribution >= 4 is 27.3 Å². The molecule has 9 nitrogen and oxygen atoms in total. The Kier molecular flexibility index (Phi) is 7.22. The van der Waals surface area contributed by atoms with Crippen LogP contribution in [-0.4, -0.2) is 55.5 Å². The first-order valence-electron chi connectivity index (χ1n) is 9.82. The van der Waals surface area contributed by atoms with Crippen molar-refractivity contribution in [1.29, 1.82) is 0 Å². The second-order valence-corrected chi connectivity index (χ2v) is 9.37. The van der Waals surface area contributed by atoms with Gasteiger partial charge in [-0.25, -0.2) is 8.42 Å². The van der Waals surface area contributed by atoms with Crippen LogP contribution in [-0.2, 0) is 25.9 Å². The fraction of sp³-hybridized carbons (Fsp3) is 0.450. The van der Waals surface area contributed by atoms with Gasteiger partial charge in [-0.3, -0.25) is 14.3 Å². The number of nitrogens with zero attached hydrogens (tertiary/aromatic N) is 2. The molecule has 1 fully saturated rings. The third-order valence-electron chi connectivity index (χ3n) is 4.95. The van der Waals surface area contributed by atoms with Crippen molar-refractivity contribution in [3.8, 4) is 0 Å². The molecule has 1 aliphatic carbocycles. The molecule has 0 saturated heterocycles. The smallest absolute Gasteiger partial charge is 0.255 e. The number of ether oxygens (including phenoxy) is 1. The minimum atomic E-state index is -3.45. The van der Waals surface area contributed by atoms with Crippen molar-refractivity contribution in [2.24, 2.45) is 0 Å². The molecule has 2 aromatic rings. The van der Waals surface area contributed by atoms with Crippen molar-refractivity contribution in [2.45, 2.75) is 43.2 Å². The van der Waals surface area contributed by atoms with Crippen LogP contribution in [0.3, 0.4) is 0 Å². The number of carbonyl (C=O) groups excluding carboxylic acids is 2. The molecule has 1 heterocycles. The van der Waals surface area contributed by atoms with E-state index < -0.39 is 15.7 Å². The number of aromatic nitrogens is 2. The highest BCUT2D eigenvalue weighted by Crippen LogP contribution is 2.18. The van der Waals surface area contributed by atoms with Crippen LogP contribution in [0.5, 0.6) is 0 Å². The van der Waals surface area contributed by atoms with Gasteiger partial charge in [-0.1, -0.05) is 12.8 Å². The van der Waals surface area contributed by atoms with Gasteiger partial charge in [0.05, 0.1) is 29.1 Å². The maximum atomic E-state index is 12.4. The topological polar surface area (TPSA) is 119 Å². The van der Waals surface area contributed by atoms with Gasteiger partial charge in [-0.05, 0) is 37.1 Å². The number of hydrogen-bond donors (Lipinski definition) is 2. The Morgan fingerprint density at radius 1 is 1.20 bits per heavy atom. The van der Waals surface area contributed by atoms with Crippen LogP contribution >= 0.6 is 0 Å². The van der Waals surface area contributed by atoms with Crippen LogP contribution in [0, 0.1) is 0 Å². The highest BCUT2D eigenvalue weighted by atomic mass is 32.2. The van der Waals surface area contributed by atoms with Gasteiger partial charge in [-0.2, -0.15) is 5.10 Å². The number of methoxy groups -OCH3 is 1. The van der Waals surface area contributed by atoms with Crippen LogP contribution in [0.15, 0.2) is 41.6 Å². The Labute approximate surface area is 175 Å². The van der Waals surface area contributed by atoms with Crippen molar-refractivity contribution in [3.05, 3.63) is 42.2 Å². The summed E-state index contributed by atoms with van der Waals surface area (Å²) >= 11 is 0.